The third-order valence-corrected chi connectivity index (χ3v) is 6.28. The number of amides is 2. The van der Waals surface area contributed by atoms with E-state index in [4.69, 9.17) is 0 Å². The zero-order valence-electron chi connectivity index (χ0n) is 15.2. The number of rotatable bonds is 4. The maximum absolute atomic E-state index is 13.9. The van der Waals surface area contributed by atoms with Gasteiger partial charge in [-0.2, -0.15) is 0 Å². The Morgan fingerprint density at radius 2 is 1.89 bits per heavy atom. The SMILES string of the molecule is Cc1cc2c(c(SCc3ccccc3F)n1)C(=O)N(C1CCCCC1)C2=O. The quantitative estimate of drug-likeness (QED) is 0.564. The monoisotopic (exact) mass is 384 g/mol. The summed E-state index contributed by atoms with van der Waals surface area (Å²) in [5.41, 5.74) is 2.07. The van der Waals surface area contributed by atoms with Gasteiger partial charge in [0.05, 0.1) is 11.1 Å². The summed E-state index contributed by atoms with van der Waals surface area (Å²) in [4.78, 5) is 32.0. The lowest BCUT2D eigenvalue weighted by atomic mass is 9.94. The van der Waals surface area contributed by atoms with Gasteiger partial charge in [-0.1, -0.05) is 37.5 Å². The van der Waals surface area contributed by atoms with Crippen molar-refractivity contribution < 1.29 is 14.0 Å². The van der Waals surface area contributed by atoms with Gasteiger partial charge in [0.1, 0.15) is 10.8 Å². The number of fused-ring (bicyclic) bond motifs is 1. The van der Waals surface area contributed by atoms with Crippen LogP contribution in [0.5, 0.6) is 0 Å². The van der Waals surface area contributed by atoms with Crippen LogP contribution in [-0.2, 0) is 5.75 Å². The molecule has 0 atom stereocenters. The number of benzene rings is 1. The molecule has 1 saturated carbocycles. The first-order valence-corrected chi connectivity index (χ1v) is 10.3. The highest BCUT2D eigenvalue weighted by Crippen LogP contribution is 2.36. The average Bonchev–Trinajstić information content (AvgIpc) is 2.92. The number of carbonyl (C=O) groups is 2. The van der Waals surface area contributed by atoms with E-state index in [-0.39, 0.29) is 23.7 Å². The first-order chi connectivity index (χ1) is 13.1. The molecule has 1 aliphatic carbocycles. The number of halogens is 1. The summed E-state index contributed by atoms with van der Waals surface area (Å²) in [6.45, 7) is 1.81. The van der Waals surface area contributed by atoms with E-state index in [1.807, 2.05) is 6.92 Å². The van der Waals surface area contributed by atoms with Gasteiger partial charge in [-0.15, -0.1) is 11.8 Å². The first-order valence-electron chi connectivity index (χ1n) is 9.32. The summed E-state index contributed by atoms with van der Waals surface area (Å²) >= 11 is 1.31. The van der Waals surface area contributed by atoms with Crippen molar-refractivity contribution in [2.45, 2.75) is 55.8 Å². The largest absolute Gasteiger partial charge is 0.271 e. The Kier molecular flexibility index (Phi) is 5.00. The van der Waals surface area contributed by atoms with Gasteiger partial charge in [-0.05, 0) is 37.5 Å². The van der Waals surface area contributed by atoms with Crippen molar-refractivity contribution in [1.29, 1.82) is 0 Å². The molecular formula is C21H21FN2O2S. The molecule has 140 valence electrons. The fraction of sp³-hybridized carbons (Fsp3) is 0.381. The molecular weight excluding hydrogens is 363 g/mol. The zero-order chi connectivity index (χ0) is 19.0. The van der Waals surface area contributed by atoms with E-state index in [9.17, 15) is 14.0 Å². The second kappa shape index (κ2) is 7.43. The molecule has 4 nitrogen and oxygen atoms in total. The molecule has 1 fully saturated rings. The molecule has 2 heterocycles. The van der Waals surface area contributed by atoms with E-state index in [2.05, 4.69) is 4.98 Å². The van der Waals surface area contributed by atoms with Crippen molar-refractivity contribution in [2.75, 3.05) is 0 Å². The molecule has 0 bridgehead atoms. The molecule has 0 saturated heterocycles. The third-order valence-electron chi connectivity index (χ3n) is 5.26. The Labute approximate surface area is 162 Å². The minimum atomic E-state index is -0.277. The van der Waals surface area contributed by atoms with Gasteiger partial charge in [-0.3, -0.25) is 14.5 Å². The summed E-state index contributed by atoms with van der Waals surface area (Å²) in [5.74, 6) is -0.369. The smallest absolute Gasteiger partial charge is 0.264 e. The molecule has 0 spiro atoms. The number of nitrogens with zero attached hydrogens (tertiary/aromatic N) is 2. The number of hydrogen-bond acceptors (Lipinski definition) is 4. The van der Waals surface area contributed by atoms with E-state index >= 15 is 0 Å². The van der Waals surface area contributed by atoms with Crippen LogP contribution in [0.4, 0.5) is 4.39 Å². The van der Waals surface area contributed by atoms with Crippen LogP contribution in [0.3, 0.4) is 0 Å². The summed E-state index contributed by atoms with van der Waals surface area (Å²) in [6.07, 6.45) is 4.99. The lowest BCUT2D eigenvalue weighted by molar-refractivity contribution is 0.0547. The van der Waals surface area contributed by atoms with E-state index < -0.39 is 0 Å². The van der Waals surface area contributed by atoms with Gasteiger partial charge in [0.2, 0.25) is 0 Å². The fourth-order valence-corrected chi connectivity index (χ4v) is 4.98. The van der Waals surface area contributed by atoms with E-state index in [1.165, 1.54) is 22.7 Å². The van der Waals surface area contributed by atoms with Crippen molar-refractivity contribution in [3.63, 3.8) is 0 Å². The lowest BCUT2D eigenvalue weighted by Crippen LogP contribution is -2.40. The first kappa shape index (κ1) is 18.2. The number of pyridine rings is 1. The Morgan fingerprint density at radius 3 is 2.63 bits per heavy atom. The number of aromatic nitrogens is 1. The topological polar surface area (TPSA) is 50.3 Å². The van der Waals surface area contributed by atoms with Gasteiger partial charge in [0.25, 0.3) is 11.8 Å². The molecule has 1 aromatic carbocycles. The van der Waals surface area contributed by atoms with Gasteiger partial charge >= 0.3 is 0 Å². The summed E-state index contributed by atoms with van der Waals surface area (Å²) in [7, 11) is 0. The normalized spacial score (nSPS) is 17.5. The molecule has 4 rings (SSSR count). The second-order valence-corrected chi connectivity index (χ2v) is 8.11. The van der Waals surface area contributed by atoms with E-state index in [1.54, 1.807) is 24.3 Å². The molecule has 27 heavy (non-hydrogen) atoms. The molecule has 1 aromatic heterocycles. The van der Waals surface area contributed by atoms with Crippen molar-refractivity contribution in [3.8, 4) is 0 Å². The number of aryl methyl sites for hydroxylation is 1. The minimum absolute atomic E-state index is 0.0177. The molecule has 2 aromatic rings. The van der Waals surface area contributed by atoms with Crippen LogP contribution >= 0.6 is 11.8 Å². The summed E-state index contributed by atoms with van der Waals surface area (Å²) in [6, 6.07) is 8.26. The maximum atomic E-state index is 13.9. The van der Waals surface area contributed by atoms with Crippen molar-refractivity contribution in [2.24, 2.45) is 0 Å². The van der Waals surface area contributed by atoms with Gasteiger partial charge < -0.3 is 0 Å². The van der Waals surface area contributed by atoms with Gasteiger partial charge in [0, 0.05) is 17.5 Å². The number of hydrogen-bond donors (Lipinski definition) is 0. The van der Waals surface area contributed by atoms with E-state index in [0.717, 1.165) is 32.1 Å². The van der Waals surface area contributed by atoms with Crippen LogP contribution < -0.4 is 0 Å². The molecule has 0 N–H and O–H groups in total. The molecule has 1 aliphatic heterocycles. The molecule has 0 radical (unpaired) electrons. The fourth-order valence-electron chi connectivity index (χ4n) is 3.90. The number of thioether (sulfide) groups is 1. The molecule has 2 amide bonds. The van der Waals surface area contributed by atoms with Crippen molar-refractivity contribution in [1.82, 2.24) is 9.88 Å². The van der Waals surface area contributed by atoms with E-state index in [0.29, 0.717) is 33.2 Å². The highest BCUT2D eigenvalue weighted by atomic mass is 32.2. The Hall–Kier alpha value is -2.21. The van der Waals surface area contributed by atoms with Crippen LogP contribution in [0.1, 0.15) is 64.1 Å². The van der Waals surface area contributed by atoms with Crippen LogP contribution in [0.15, 0.2) is 35.4 Å². The highest BCUT2D eigenvalue weighted by Gasteiger charge is 2.42. The number of imide groups is 1. The van der Waals surface area contributed by atoms with Gasteiger partial charge in [0.15, 0.2) is 0 Å². The Bertz CT molecular complexity index is 909. The highest BCUT2D eigenvalue weighted by molar-refractivity contribution is 7.98. The summed E-state index contributed by atoms with van der Waals surface area (Å²) in [5, 5.41) is 0.518. The van der Waals surface area contributed by atoms with Gasteiger partial charge in [-0.25, -0.2) is 9.37 Å². The third kappa shape index (κ3) is 3.38. The van der Waals surface area contributed by atoms with Crippen LogP contribution in [0, 0.1) is 12.7 Å². The lowest BCUT2D eigenvalue weighted by Gasteiger charge is -2.29. The zero-order valence-corrected chi connectivity index (χ0v) is 16.0. The maximum Gasteiger partial charge on any atom is 0.264 e. The average molecular weight is 384 g/mol. The van der Waals surface area contributed by atoms with Crippen molar-refractivity contribution >= 4 is 23.6 Å². The second-order valence-electron chi connectivity index (χ2n) is 7.14. The Morgan fingerprint density at radius 1 is 1.15 bits per heavy atom. The predicted molar refractivity (Wildman–Crippen MR) is 102 cm³/mol. The molecule has 6 heteroatoms. The minimum Gasteiger partial charge on any atom is -0.271 e. The predicted octanol–water partition coefficient (Wildman–Crippen LogP) is 4.75. The summed E-state index contributed by atoms with van der Waals surface area (Å²) < 4.78 is 13.9. The Balaban J connectivity index is 1.65. The van der Waals surface area contributed by atoms with Crippen LogP contribution in [0.25, 0.3) is 0 Å². The van der Waals surface area contributed by atoms with Crippen LogP contribution in [0.2, 0.25) is 0 Å². The molecule has 2 aliphatic rings. The van der Waals surface area contributed by atoms with Crippen molar-refractivity contribution in [3.05, 3.63) is 58.5 Å². The van der Waals surface area contributed by atoms with Crippen LogP contribution in [-0.4, -0.2) is 27.7 Å². The molecule has 0 unspecified atom stereocenters. The number of carbonyl (C=O) groups excluding carboxylic acids is 2. The standard InChI is InChI=1S/C21H21FN2O2S/c1-13-11-16-18(19(23-13)27-12-14-7-5-6-10-17(14)22)21(26)24(20(16)25)15-8-3-2-4-9-15/h5-7,10-11,15H,2-4,8-9,12H2,1H3.